The van der Waals surface area contributed by atoms with Crippen molar-refractivity contribution < 1.29 is 9.18 Å². The number of anilines is 1. The minimum atomic E-state index is -0.733. The van der Waals surface area contributed by atoms with Gasteiger partial charge < -0.3 is 5.32 Å². The first kappa shape index (κ1) is 13.9. The molecule has 3 rings (SSSR count). The van der Waals surface area contributed by atoms with Crippen molar-refractivity contribution in [3.8, 4) is 0 Å². The number of nitrogens with one attached hydrogen (secondary N) is 1. The van der Waals surface area contributed by atoms with E-state index in [1.165, 1.54) is 16.6 Å². The summed E-state index contributed by atoms with van der Waals surface area (Å²) in [6, 6.07) is 9.46. The lowest BCUT2D eigenvalue weighted by Gasteiger charge is -2.08. The molecule has 0 atom stereocenters. The molecule has 1 amide bonds. The fraction of sp³-hybridized carbons (Fsp3) is 0. The Morgan fingerprint density at radius 3 is 2.86 bits per heavy atom. The predicted octanol–water partition coefficient (Wildman–Crippen LogP) is 4.03. The Morgan fingerprint density at radius 2 is 2.05 bits per heavy atom. The molecule has 0 saturated carbocycles. The predicted molar refractivity (Wildman–Crippen MR) is 79.6 cm³/mol. The zero-order valence-corrected chi connectivity index (χ0v) is 12.0. The number of carbonyl (C=O) groups excluding carboxylic acids is 1. The number of aromatic nitrogens is 2. The van der Waals surface area contributed by atoms with Crippen LogP contribution in [0.25, 0.3) is 5.52 Å². The minimum absolute atomic E-state index is 0.0802. The Kier molecular flexibility index (Phi) is 3.53. The Bertz CT molecular complexity index is 847. The summed E-state index contributed by atoms with van der Waals surface area (Å²) in [5.41, 5.74) is 0.955. The Balaban J connectivity index is 1.97. The maximum absolute atomic E-state index is 13.9. The molecule has 1 N–H and O–H groups in total. The van der Waals surface area contributed by atoms with Gasteiger partial charge in [-0.25, -0.2) is 8.91 Å². The molecule has 21 heavy (non-hydrogen) atoms. The molecule has 0 saturated heterocycles. The van der Waals surface area contributed by atoms with Gasteiger partial charge in [0.1, 0.15) is 5.69 Å². The highest BCUT2D eigenvalue weighted by molar-refractivity contribution is 6.35. The van der Waals surface area contributed by atoms with Gasteiger partial charge >= 0.3 is 0 Å². The third-order valence-corrected chi connectivity index (χ3v) is 3.39. The van der Waals surface area contributed by atoms with Crippen LogP contribution >= 0.6 is 23.2 Å². The Labute approximate surface area is 129 Å². The third kappa shape index (κ3) is 2.57. The quantitative estimate of drug-likeness (QED) is 0.724. The summed E-state index contributed by atoms with van der Waals surface area (Å²) >= 11 is 11.5. The Morgan fingerprint density at radius 1 is 1.24 bits per heavy atom. The fourth-order valence-electron chi connectivity index (χ4n) is 1.95. The molecule has 0 spiro atoms. The summed E-state index contributed by atoms with van der Waals surface area (Å²) < 4.78 is 15.3. The molecule has 1 aromatic carbocycles. The van der Waals surface area contributed by atoms with Crippen molar-refractivity contribution in [2.75, 3.05) is 5.32 Å². The third-order valence-electron chi connectivity index (χ3n) is 2.89. The number of hydrogen-bond donors (Lipinski definition) is 1. The van der Waals surface area contributed by atoms with Gasteiger partial charge in [-0.1, -0.05) is 23.2 Å². The smallest absolute Gasteiger partial charge is 0.274 e. The molecule has 2 heterocycles. The second-order valence-corrected chi connectivity index (χ2v) is 5.13. The molecule has 7 heteroatoms. The zero-order chi connectivity index (χ0) is 15.0. The van der Waals surface area contributed by atoms with Gasteiger partial charge in [0.25, 0.3) is 5.91 Å². The number of carbonyl (C=O) groups is 1. The molecule has 0 fully saturated rings. The van der Waals surface area contributed by atoms with Gasteiger partial charge in [-0.05, 0) is 36.4 Å². The summed E-state index contributed by atoms with van der Waals surface area (Å²) in [6.45, 7) is 0. The van der Waals surface area contributed by atoms with E-state index in [1.54, 1.807) is 30.5 Å². The average molecular weight is 324 g/mol. The number of fused-ring (bicyclic) bond motifs is 1. The second kappa shape index (κ2) is 5.35. The topological polar surface area (TPSA) is 46.4 Å². The number of nitrogens with zero attached hydrogens (tertiary/aromatic N) is 2. The van der Waals surface area contributed by atoms with Crippen molar-refractivity contribution in [1.82, 2.24) is 9.61 Å². The summed E-state index contributed by atoms with van der Waals surface area (Å²) in [4.78, 5) is 12.2. The van der Waals surface area contributed by atoms with Crippen LogP contribution in [0, 0.1) is 5.82 Å². The molecule has 0 aliphatic heterocycles. The van der Waals surface area contributed by atoms with Crippen molar-refractivity contribution in [3.05, 3.63) is 64.2 Å². The maximum Gasteiger partial charge on any atom is 0.274 e. The van der Waals surface area contributed by atoms with Crippen molar-refractivity contribution >= 4 is 40.3 Å². The van der Waals surface area contributed by atoms with Crippen molar-refractivity contribution in [2.24, 2.45) is 0 Å². The molecule has 0 aliphatic carbocycles. The van der Waals surface area contributed by atoms with Crippen LogP contribution in [-0.2, 0) is 0 Å². The van der Waals surface area contributed by atoms with Crippen LogP contribution in [-0.4, -0.2) is 15.5 Å². The first-order valence-electron chi connectivity index (χ1n) is 5.95. The molecule has 0 unspecified atom stereocenters. The summed E-state index contributed by atoms with van der Waals surface area (Å²) in [5.74, 6) is -1.24. The van der Waals surface area contributed by atoms with E-state index in [4.69, 9.17) is 23.2 Å². The molecular formula is C14H8Cl2FN3O. The molecule has 4 nitrogen and oxygen atoms in total. The van der Waals surface area contributed by atoms with E-state index in [0.717, 1.165) is 5.52 Å². The van der Waals surface area contributed by atoms with E-state index in [0.29, 0.717) is 0 Å². The highest BCUT2D eigenvalue weighted by atomic mass is 35.5. The van der Waals surface area contributed by atoms with E-state index in [-0.39, 0.29) is 21.4 Å². The van der Waals surface area contributed by atoms with Gasteiger partial charge in [-0.2, -0.15) is 5.10 Å². The van der Waals surface area contributed by atoms with Gasteiger partial charge in [0, 0.05) is 11.2 Å². The summed E-state index contributed by atoms with van der Waals surface area (Å²) in [6.07, 6.45) is 1.56. The van der Waals surface area contributed by atoms with Crippen LogP contribution in [0.3, 0.4) is 0 Å². The number of amides is 1. The molecular weight excluding hydrogens is 316 g/mol. The van der Waals surface area contributed by atoms with E-state index >= 15 is 0 Å². The van der Waals surface area contributed by atoms with E-state index in [2.05, 4.69) is 10.4 Å². The van der Waals surface area contributed by atoms with Gasteiger partial charge in [-0.3, -0.25) is 4.79 Å². The van der Waals surface area contributed by atoms with Crippen molar-refractivity contribution in [3.63, 3.8) is 0 Å². The van der Waals surface area contributed by atoms with Gasteiger partial charge in [0.15, 0.2) is 5.82 Å². The molecule has 0 bridgehead atoms. The SMILES string of the molecule is O=C(Nc1cc(Cl)cc(Cl)c1F)c1ccc2cccnn12. The number of halogens is 3. The summed E-state index contributed by atoms with van der Waals surface area (Å²) in [5, 5.41) is 6.59. The Hall–Kier alpha value is -2.11. The van der Waals surface area contributed by atoms with Gasteiger partial charge in [0.2, 0.25) is 0 Å². The molecule has 3 aromatic rings. The zero-order valence-electron chi connectivity index (χ0n) is 10.5. The van der Waals surface area contributed by atoms with E-state index in [9.17, 15) is 9.18 Å². The first-order valence-corrected chi connectivity index (χ1v) is 6.70. The lowest BCUT2D eigenvalue weighted by atomic mass is 10.3. The molecule has 0 radical (unpaired) electrons. The molecule has 2 aromatic heterocycles. The highest BCUT2D eigenvalue weighted by Crippen LogP contribution is 2.27. The monoisotopic (exact) mass is 323 g/mol. The van der Waals surface area contributed by atoms with Crippen LogP contribution in [0.2, 0.25) is 10.0 Å². The van der Waals surface area contributed by atoms with Crippen LogP contribution in [0.4, 0.5) is 10.1 Å². The number of hydrogen-bond acceptors (Lipinski definition) is 2. The van der Waals surface area contributed by atoms with Gasteiger partial charge in [-0.15, -0.1) is 0 Å². The molecule has 106 valence electrons. The van der Waals surface area contributed by atoms with Crippen LogP contribution in [0.15, 0.2) is 42.6 Å². The summed E-state index contributed by atoms with van der Waals surface area (Å²) in [7, 11) is 0. The maximum atomic E-state index is 13.9. The number of rotatable bonds is 2. The van der Waals surface area contributed by atoms with Crippen molar-refractivity contribution in [2.45, 2.75) is 0 Å². The largest absolute Gasteiger partial charge is 0.318 e. The standard InChI is InChI=1S/C14H8Cl2FN3O/c15-8-6-10(16)13(17)11(7-8)19-14(21)12-4-3-9-2-1-5-18-20(9)12/h1-7H,(H,19,21). The van der Waals surface area contributed by atoms with E-state index < -0.39 is 11.7 Å². The average Bonchev–Trinajstić information content (AvgIpc) is 2.88. The normalized spacial score (nSPS) is 10.8. The first-order chi connectivity index (χ1) is 10.1. The lowest BCUT2D eigenvalue weighted by molar-refractivity contribution is 0.102. The molecule has 0 aliphatic rings. The van der Waals surface area contributed by atoms with Crippen molar-refractivity contribution in [1.29, 1.82) is 0 Å². The van der Waals surface area contributed by atoms with Crippen LogP contribution in [0.1, 0.15) is 10.5 Å². The highest BCUT2D eigenvalue weighted by Gasteiger charge is 2.16. The van der Waals surface area contributed by atoms with Gasteiger partial charge in [0.05, 0.1) is 16.2 Å². The van der Waals surface area contributed by atoms with E-state index in [1.807, 2.05) is 0 Å². The van der Waals surface area contributed by atoms with Crippen LogP contribution in [0.5, 0.6) is 0 Å². The fourth-order valence-corrected chi connectivity index (χ4v) is 2.44. The second-order valence-electron chi connectivity index (χ2n) is 4.28. The van der Waals surface area contributed by atoms with Crippen LogP contribution < -0.4 is 5.32 Å². The minimum Gasteiger partial charge on any atom is -0.318 e. The lowest BCUT2D eigenvalue weighted by Crippen LogP contribution is -2.16. The number of benzene rings is 1.